The quantitative estimate of drug-likeness (QED) is 0.547. The normalized spacial score (nSPS) is 11.8. The first-order chi connectivity index (χ1) is 13.6. The maximum absolute atomic E-state index is 12.5. The molecule has 1 amide bonds. The van der Waals surface area contributed by atoms with Gasteiger partial charge >= 0.3 is 0 Å². The van der Waals surface area contributed by atoms with E-state index in [0.29, 0.717) is 17.4 Å². The Kier molecular flexibility index (Phi) is 6.76. The van der Waals surface area contributed by atoms with E-state index in [9.17, 15) is 4.79 Å². The summed E-state index contributed by atoms with van der Waals surface area (Å²) in [6.45, 7) is 2.02. The van der Waals surface area contributed by atoms with Crippen LogP contribution in [0, 0.1) is 0 Å². The number of nitrogens with zero attached hydrogens (tertiary/aromatic N) is 2. The summed E-state index contributed by atoms with van der Waals surface area (Å²) >= 11 is 1.54. The van der Waals surface area contributed by atoms with Crippen LogP contribution < -0.4 is 4.74 Å². The highest BCUT2D eigenvalue weighted by molar-refractivity contribution is 7.99. The van der Waals surface area contributed by atoms with Crippen molar-refractivity contribution in [3.05, 3.63) is 72.1 Å². The number of benzene rings is 2. The molecule has 146 valence electrons. The van der Waals surface area contributed by atoms with E-state index in [1.807, 2.05) is 68.6 Å². The number of oxazole rings is 1. The van der Waals surface area contributed by atoms with Gasteiger partial charge in [0.2, 0.25) is 11.8 Å². The first kappa shape index (κ1) is 20.0. The molecule has 1 heterocycles. The second-order valence-corrected chi connectivity index (χ2v) is 7.44. The molecule has 1 atom stereocenters. The van der Waals surface area contributed by atoms with E-state index in [-0.39, 0.29) is 11.9 Å². The van der Waals surface area contributed by atoms with Crippen molar-refractivity contribution in [2.24, 2.45) is 0 Å². The highest BCUT2D eigenvalue weighted by Crippen LogP contribution is 2.24. The number of rotatable bonds is 8. The molecule has 0 saturated carbocycles. The van der Waals surface area contributed by atoms with Crippen LogP contribution in [0.3, 0.4) is 0 Å². The van der Waals surface area contributed by atoms with Crippen molar-refractivity contribution in [1.82, 2.24) is 9.88 Å². The number of methoxy groups -OCH3 is 1. The van der Waals surface area contributed by atoms with Crippen molar-refractivity contribution in [3.63, 3.8) is 0 Å². The monoisotopic (exact) mass is 396 g/mol. The Morgan fingerprint density at radius 2 is 1.89 bits per heavy atom. The Labute approximate surface area is 169 Å². The topological polar surface area (TPSA) is 55.6 Å². The molecule has 0 fully saturated rings. The minimum Gasteiger partial charge on any atom is -0.497 e. The molecular formula is C22H24N2O3S. The predicted molar refractivity (Wildman–Crippen MR) is 112 cm³/mol. The molecule has 0 saturated heterocycles. The molecule has 6 heteroatoms. The van der Waals surface area contributed by atoms with E-state index in [2.05, 4.69) is 4.98 Å². The summed E-state index contributed by atoms with van der Waals surface area (Å²) in [6.07, 6.45) is 1.66. The number of aromatic nitrogens is 1. The van der Waals surface area contributed by atoms with Gasteiger partial charge in [-0.15, -0.1) is 11.8 Å². The lowest BCUT2D eigenvalue weighted by Crippen LogP contribution is -2.31. The van der Waals surface area contributed by atoms with Crippen molar-refractivity contribution in [2.75, 3.05) is 19.9 Å². The highest BCUT2D eigenvalue weighted by atomic mass is 32.2. The molecule has 0 radical (unpaired) electrons. The third kappa shape index (κ3) is 4.95. The summed E-state index contributed by atoms with van der Waals surface area (Å²) in [4.78, 5) is 18.8. The molecule has 28 heavy (non-hydrogen) atoms. The molecule has 1 unspecified atom stereocenters. The van der Waals surface area contributed by atoms with E-state index >= 15 is 0 Å². The smallest absolute Gasteiger partial charge is 0.232 e. The molecule has 0 aliphatic rings. The molecule has 1 aromatic heterocycles. The van der Waals surface area contributed by atoms with Gasteiger partial charge in [-0.25, -0.2) is 4.98 Å². The summed E-state index contributed by atoms with van der Waals surface area (Å²) in [6, 6.07) is 17.6. The van der Waals surface area contributed by atoms with Gasteiger partial charge in [0, 0.05) is 18.4 Å². The molecule has 0 aliphatic carbocycles. The largest absolute Gasteiger partial charge is 0.497 e. The van der Waals surface area contributed by atoms with E-state index < -0.39 is 0 Å². The molecule has 3 rings (SSSR count). The van der Waals surface area contributed by atoms with Gasteiger partial charge in [0.05, 0.1) is 24.6 Å². The van der Waals surface area contributed by atoms with Gasteiger partial charge in [0.25, 0.3) is 0 Å². The fourth-order valence-electron chi connectivity index (χ4n) is 2.75. The first-order valence-electron chi connectivity index (χ1n) is 9.05. The van der Waals surface area contributed by atoms with Crippen LogP contribution >= 0.6 is 11.8 Å². The lowest BCUT2D eigenvalue weighted by molar-refractivity contribution is -0.128. The summed E-state index contributed by atoms with van der Waals surface area (Å²) in [5, 5.41) is 0. The van der Waals surface area contributed by atoms with Crippen molar-refractivity contribution in [2.45, 2.75) is 18.7 Å². The van der Waals surface area contributed by atoms with Crippen LogP contribution in [0.25, 0.3) is 11.5 Å². The zero-order chi connectivity index (χ0) is 19.9. The maximum atomic E-state index is 12.5. The number of thioether (sulfide) groups is 1. The van der Waals surface area contributed by atoms with Crippen LogP contribution in [-0.4, -0.2) is 35.7 Å². The Hall–Kier alpha value is -2.73. The minimum atomic E-state index is -0.00394. The van der Waals surface area contributed by atoms with Crippen molar-refractivity contribution < 1.29 is 13.9 Å². The SMILES string of the molecule is COc1ccc(C(C)N(C)C(=O)CSCc2coc(-c3ccccc3)n2)cc1. The molecular weight excluding hydrogens is 372 g/mol. The third-order valence-electron chi connectivity index (χ3n) is 4.62. The van der Waals surface area contributed by atoms with Crippen LogP contribution in [0.5, 0.6) is 5.75 Å². The van der Waals surface area contributed by atoms with E-state index in [1.165, 1.54) is 11.8 Å². The standard InChI is InChI=1S/C22H24N2O3S/c1-16(17-9-11-20(26-3)12-10-17)24(2)21(25)15-28-14-19-13-27-22(23-19)18-7-5-4-6-8-18/h4-13,16H,14-15H2,1-3H3. The zero-order valence-corrected chi connectivity index (χ0v) is 17.1. The Morgan fingerprint density at radius 3 is 2.57 bits per heavy atom. The Balaban J connectivity index is 1.50. The van der Waals surface area contributed by atoms with Crippen LogP contribution in [-0.2, 0) is 10.5 Å². The molecule has 3 aromatic rings. The molecule has 0 bridgehead atoms. The van der Waals surface area contributed by atoms with E-state index in [4.69, 9.17) is 9.15 Å². The van der Waals surface area contributed by atoms with Crippen molar-refractivity contribution >= 4 is 17.7 Å². The summed E-state index contributed by atoms with van der Waals surface area (Å²) < 4.78 is 10.7. The average Bonchev–Trinajstić information content (AvgIpc) is 3.22. The van der Waals surface area contributed by atoms with Gasteiger partial charge in [0.15, 0.2) is 0 Å². The number of hydrogen-bond acceptors (Lipinski definition) is 5. The predicted octanol–water partition coefficient (Wildman–Crippen LogP) is 4.80. The summed E-state index contributed by atoms with van der Waals surface area (Å²) in [5.41, 5.74) is 2.86. The summed E-state index contributed by atoms with van der Waals surface area (Å²) in [7, 11) is 3.48. The number of ether oxygens (including phenoxy) is 1. The second kappa shape index (κ2) is 9.46. The lowest BCUT2D eigenvalue weighted by atomic mass is 10.1. The van der Waals surface area contributed by atoms with Gasteiger partial charge in [0.1, 0.15) is 12.0 Å². The second-order valence-electron chi connectivity index (χ2n) is 6.46. The Bertz CT molecular complexity index is 894. The molecule has 5 nitrogen and oxygen atoms in total. The molecule has 0 N–H and O–H groups in total. The minimum absolute atomic E-state index is 0.00394. The molecule has 2 aromatic carbocycles. The first-order valence-corrected chi connectivity index (χ1v) is 10.2. The fourth-order valence-corrected chi connectivity index (χ4v) is 3.58. The maximum Gasteiger partial charge on any atom is 0.232 e. The van der Waals surface area contributed by atoms with Crippen molar-refractivity contribution in [3.8, 4) is 17.2 Å². The molecule has 0 aliphatic heterocycles. The number of amides is 1. The van der Waals surface area contributed by atoms with Gasteiger partial charge in [-0.1, -0.05) is 30.3 Å². The van der Waals surface area contributed by atoms with Crippen LogP contribution in [0.1, 0.15) is 24.2 Å². The van der Waals surface area contributed by atoms with Crippen molar-refractivity contribution in [1.29, 1.82) is 0 Å². The summed E-state index contributed by atoms with van der Waals surface area (Å²) in [5.74, 6) is 2.52. The van der Waals surface area contributed by atoms with Crippen LogP contribution in [0.2, 0.25) is 0 Å². The molecule has 0 spiro atoms. The third-order valence-corrected chi connectivity index (χ3v) is 5.57. The van der Waals surface area contributed by atoms with Gasteiger partial charge < -0.3 is 14.1 Å². The number of carbonyl (C=O) groups excluding carboxylic acids is 1. The van der Waals surface area contributed by atoms with E-state index in [1.54, 1.807) is 18.3 Å². The van der Waals surface area contributed by atoms with E-state index in [0.717, 1.165) is 22.6 Å². The van der Waals surface area contributed by atoms with Crippen LogP contribution in [0.15, 0.2) is 65.3 Å². The average molecular weight is 397 g/mol. The number of carbonyl (C=O) groups is 1. The zero-order valence-electron chi connectivity index (χ0n) is 16.3. The number of hydrogen-bond donors (Lipinski definition) is 0. The lowest BCUT2D eigenvalue weighted by Gasteiger charge is -2.25. The van der Waals surface area contributed by atoms with Gasteiger partial charge in [-0.2, -0.15) is 0 Å². The van der Waals surface area contributed by atoms with Gasteiger partial charge in [-0.05, 0) is 36.8 Å². The fraction of sp³-hybridized carbons (Fsp3) is 0.273. The van der Waals surface area contributed by atoms with Gasteiger partial charge in [-0.3, -0.25) is 4.79 Å². The van der Waals surface area contributed by atoms with Crippen LogP contribution in [0.4, 0.5) is 0 Å². The Morgan fingerprint density at radius 1 is 1.18 bits per heavy atom. The highest BCUT2D eigenvalue weighted by Gasteiger charge is 2.17.